The van der Waals surface area contributed by atoms with Crippen LogP contribution in [0.5, 0.6) is 0 Å². The number of hydrogen-bond acceptors (Lipinski definition) is 4. The smallest absolute Gasteiger partial charge is 0.313 e. The number of halogens is 1. The number of benzene rings is 1. The summed E-state index contributed by atoms with van der Waals surface area (Å²) in [6.45, 7) is 0.449. The van der Waals surface area contributed by atoms with Gasteiger partial charge in [0.25, 0.3) is 5.91 Å². The van der Waals surface area contributed by atoms with Crippen molar-refractivity contribution in [3.8, 4) is 0 Å². The Kier molecular flexibility index (Phi) is 4.34. The van der Waals surface area contributed by atoms with Crippen molar-refractivity contribution in [1.82, 2.24) is 9.88 Å². The fourth-order valence-corrected chi connectivity index (χ4v) is 3.83. The van der Waals surface area contributed by atoms with Crippen LogP contribution in [0.15, 0.2) is 24.3 Å². The van der Waals surface area contributed by atoms with E-state index in [4.69, 9.17) is 4.74 Å². The third-order valence-electron chi connectivity index (χ3n) is 5.53. The van der Waals surface area contributed by atoms with Crippen LogP contribution in [0.4, 0.5) is 4.39 Å². The standard InChI is InChI=1S/C20H21FN2O4/c1-27-11-20(19(25)26)6-7-23(10-20)18(24)15-9-17(12-2-3-12)22-16-5-4-13(21)8-14(15)16/h4-5,8-9,12H,2-3,6-7,10-11H2,1H3,(H,25,26). The Balaban J connectivity index is 1.72. The van der Waals surface area contributed by atoms with Crippen molar-refractivity contribution in [2.45, 2.75) is 25.2 Å². The first-order chi connectivity index (χ1) is 12.9. The number of rotatable bonds is 5. The summed E-state index contributed by atoms with van der Waals surface area (Å²) in [7, 11) is 1.45. The van der Waals surface area contributed by atoms with E-state index in [2.05, 4.69) is 4.98 Å². The molecule has 142 valence electrons. The third-order valence-corrected chi connectivity index (χ3v) is 5.53. The number of hydrogen-bond donors (Lipinski definition) is 1. The number of amides is 1. The quantitative estimate of drug-likeness (QED) is 0.873. The van der Waals surface area contributed by atoms with Crippen molar-refractivity contribution in [1.29, 1.82) is 0 Å². The van der Waals surface area contributed by atoms with Crippen molar-refractivity contribution in [3.05, 3.63) is 41.3 Å². The Morgan fingerprint density at radius 1 is 1.37 bits per heavy atom. The van der Waals surface area contributed by atoms with Crippen LogP contribution in [-0.4, -0.2) is 53.7 Å². The van der Waals surface area contributed by atoms with Gasteiger partial charge in [-0.05, 0) is 43.5 Å². The lowest BCUT2D eigenvalue weighted by Crippen LogP contribution is -2.40. The molecule has 4 rings (SSSR count). The number of ether oxygens (including phenoxy) is 1. The van der Waals surface area contributed by atoms with Crippen molar-refractivity contribution < 1.29 is 23.8 Å². The Morgan fingerprint density at radius 2 is 2.15 bits per heavy atom. The average molecular weight is 372 g/mol. The van der Waals surface area contributed by atoms with Crippen LogP contribution in [0, 0.1) is 11.2 Å². The summed E-state index contributed by atoms with van der Waals surface area (Å²) < 4.78 is 18.9. The topological polar surface area (TPSA) is 79.7 Å². The maximum Gasteiger partial charge on any atom is 0.313 e. The van der Waals surface area contributed by atoms with Crippen LogP contribution in [0.2, 0.25) is 0 Å². The number of carboxylic acids is 1. The summed E-state index contributed by atoms with van der Waals surface area (Å²) in [6.07, 6.45) is 2.40. The number of carboxylic acid groups (broad SMARTS) is 1. The number of likely N-dealkylation sites (tertiary alicyclic amines) is 1. The first-order valence-corrected chi connectivity index (χ1v) is 9.05. The van der Waals surface area contributed by atoms with Crippen LogP contribution in [-0.2, 0) is 9.53 Å². The number of fused-ring (bicyclic) bond motifs is 1. The van der Waals surface area contributed by atoms with Gasteiger partial charge in [-0.25, -0.2) is 4.39 Å². The first kappa shape index (κ1) is 17.9. The Hall–Kier alpha value is -2.54. The lowest BCUT2D eigenvalue weighted by Gasteiger charge is -2.24. The minimum absolute atomic E-state index is 0.0468. The number of methoxy groups -OCH3 is 1. The average Bonchev–Trinajstić information content (AvgIpc) is 3.40. The molecule has 1 atom stereocenters. The molecular formula is C20H21FN2O4. The van der Waals surface area contributed by atoms with Crippen LogP contribution in [0.25, 0.3) is 10.9 Å². The van der Waals surface area contributed by atoms with E-state index in [9.17, 15) is 19.1 Å². The number of pyridine rings is 1. The Morgan fingerprint density at radius 3 is 2.81 bits per heavy atom. The zero-order valence-electron chi connectivity index (χ0n) is 15.1. The highest BCUT2D eigenvalue weighted by atomic mass is 19.1. The highest BCUT2D eigenvalue weighted by molar-refractivity contribution is 6.06. The van der Waals surface area contributed by atoms with Crippen LogP contribution < -0.4 is 0 Å². The molecule has 6 nitrogen and oxygen atoms in total. The van der Waals surface area contributed by atoms with E-state index in [1.165, 1.54) is 24.1 Å². The number of carbonyl (C=O) groups excluding carboxylic acids is 1. The van der Waals surface area contributed by atoms with Gasteiger partial charge in [0, 0.05) is 37.2 Å². The van der Waals surface area contributed by atoms with E-state index in [-0.39, 0.29) is 19.1 Å². The molecule has 2 fully saturated rings. The lowest BCUT2D eigenvalue weighted by atomic mass is 9.88. The molecule has 2 aliphatic rings. The normalized spacial score (nSPS) is 22.4. The molecule has 0 spiro atoms. The van der Waals surface area contributed by atoms with E-state index in [1.807, 2.05) is 0 Å². The molecule has 1 N–H and O–H groups in total. The molecule has 2 aromatic rings. The van der Waals surface area contributed by atoms with Gasteiger partial charge in [-0.2, -0.15) is 0 Å². The second-order valence-electron chi connectivity index (χ2n) is 7.53. The summed E-state index contributed by atoms with van der Waals surface area (Å²) >= 11 is 0. The SMILES string of the molecule is COCC1(C(=O)O)CCN(C(=O)c2cc(C3CC3)nc3ccc(F)cc23)C1. The van der Waals surface area contributed by atoms with Crippen LogP contribution in [0.3, 0.4) is 0 Å². The summed E-state index contributed by atoms with van der Waals surface area (Å²) in [6, 6.07) is 5.99. The number of nitrogens with zero attached hydrogens (tertiary/aromatic N) is 2. The Bertz CT molecular complexity index is 928. The highest BCUT2D eigenvalue weighted by Crippen LogP contribution is 2.41. The molecule has 1 aliphatic heterocycles. The largest absolute Gasteiger partial charge is 0.481 e. The predicted octanol–water partition coefficient (Wildman–Crippen LogP) is 2.81. The minimum Gasteiger partial charge on any atom is -0.481 e. The molecule has 0 radical (unpaired) electrons. The zero-order valence-corrected chi connectivity index (χ0v) is 15.1. The van der Waals surface area contributed by atoms with E-state index in [1.54, 1.807) is 12.1 Å². The van der Waals surface area contributed by atoms with Crippen LogP contribution >= 0.6 is 0 Å². The molecule has 1 unspecified atom stereocenters. The highest BCUT2D eigenvalue weighted by Gasteiger charge is 2.46. The third kappa shape index (κ3) is 3.16. The molecule has 1 aromatic heterocycles. The molecule has 2 heterocycles. The summed E-state index contributed by atoms with van der Waals surface area (Å²) in [5.74, 6) is -1.34. The van der Waals surface area contributed by atoms with Gasteiger partial charge in [-0.15, -0.1) is 0 Å². The van der Waals surface area contributed by atoms with E-state index in [0.29, 0.717) is 35.3 Å². The predicted molar refractivity (Wildman–Crippen MR) is 96.1 cm³/mol. The summed E-state index contributed by atoms with van der Waals surface area (Å²) in [5.41, 5.74) is 0.723. The van der Waals surface area contributed by atoms with Gasteiger partial charge < -0.3 is 14.7 Å². The molecule has 27 heavy (non-hydrogen) atoms. The van der Waals surface area contributed by atoms with Gasteiger partial charge in [-0.3, -0.25) is 14.6 Å². The van der Waals surface area contributed by atoms with Crippen LogP contribution in [0.1, 0.15) is 41.2 Å². The molecule has 1 aliphatic carbocycles. The summed E-state index contributed by atoms with van der Waals surface area (Å²) in [5, 5.41) is 10.1. The number of aliphatic carboxylic acids is 1. The molecule has 0 bridgehead atoms. The van der Waals surface area contributed by atoms with E-state index >= 15 is 0 Å². The zero-order chi connectivity index (χ0) is 19.2. The van der Waals surface area contributed by atoms with Gasteiger partial charge in [0.1, 0.15) is 11.2 Å². The van der Waals surface area contributed by atoms with E-state index < -0.39 is 17.2 Å². The first-order valence-electron chi connectivity index (χ1n) is 9.05. The molecule has 1 aromatic carbocycles. The lowest BCUT2D eigenvalue weighted by molar-refractivity contribution is -0.151. The fourth-order valence-electron chi connectivity index (χ4n) is 3.83. The van der Waals surface area contributed by atoms with Gasteiger partial charge in [0.05, 0.1) is 17.7 Å². The van der Waals surface area contributed by atoms with Crippen molar-refractivity contribution in [2.75, 3.05) is 26.8 Å². The van der Waals surface area contributed by atoms with Gasteiger partial charge in [0.2, 0.25) is 0 Å². The van der Waals surface area contributed by atoms with Gasteiger partial charge >= 0.3 is 5.97 Å². The maximum atomic E-state index is 13.8. The molecule has 1 saturated heterocycles. The monoisotopic (exact) mass is 372 g/mol. The van der Waals surface area contributed by atoms with Crippen molar-refractivity contribution >= 4 is 22.8 Å². The fraction of sp³-hybridized carbons (Fsp3) is 0.450. The minimum atomic E-state index is -1.10. The Labute approximate surface area is 155 Å². The molecule has 7 heteroatoms. The molecule has 1 saturated carbocycles. The molecular weight excluding hydrogens is 351 g/mol. The van der Waals surface area contributed by atoms with Gasteiger partial charge in [0.15, 0.2) is 0 Å². The number of aromatic nitrogens is 1. The second-order valence-corrected chi connectivity index (χ2v) is 7.53. The molecule has 1 amide bonds. The van der Waals surface area contributed by atoms with Crippen molar-refractivity contribution in [3.63, 3.8) is 0 Å². The van der Waals surface area contributed by atoms with Gasteiger partial charge in [-0.1, -0.05) is 0 Å². The van der Waals surface area contributed by atoms with Crippen molar-refractivity contribution in [2.24, 2.45) is 5.41 Å². The number of carbonyl (C=O) groups is 2. The maximum absolute atomic E-state index is 13.8. The second kappa shape index (κ2) is 6.56. The van der Waals surface area contributed by atoms with E-state index in [0.717, 1.165) is 18.5 Å². The summed E-state index contributed by atoms with van der Waals surface area (Å²) in [4.78, 5) is 31.1.